The van der Waals surface area contributed by atoms with Crippen LogP contribution in [0.25, 0.3) is 0 Å². The van der Waals surface area contributed by atoms with Crippen molar-refractivity contribution >= 4 is 21.8 Å². The van der Waals surface area contributed by atoms with Crippen molar-refractivity contribution in [3.8, 4) is 11.5 Å². The van der Waals surface area contributed by atoms with Crippen LogP contribution in [0.15, 0.2) is 52.4 Å². The molecule has 2 heterocycles. The largest absolute Gasteiger partial charge is 0.486 e. The molecule has 164 valence electrons. The first-order valence-corrected chi connectivity index (χ1v) is 11.7. The molecule has 2 aromatic carbocycles. The Kier molecular flexibility index (Phi) is 5.86. The first-order chi connectivity index (χ1) is 14.8. The summed E-state index contributed by atoms with van der Waals surface area (Å²) in [5.41, 5.74) is 1.47. The molecule has 2 aliphatic rings. The Morgan fingerprint density at radius 2 is 1.87 bits per heavy atom. The zero-order valence-electron chi connectivity index (χ0n) is 17.4. The van der Waals surface area contributed by atoms with E-state index < -0.39 is 10.0 Å². The Bertz CT molecular complexity index is 1130. The number of hydrogen-bond donors (Lipinski definition) is 2. The highest BCUT2D eigenvalue weighted by Crippen LogP contribution is 2.34. The van der Waals surface area contributed by atoms with Gasteiger partial charge < -0.3 is 14.8 Å². The molecule has 0 spiro atoms. The van der Waals surface area contributed by atoms with Crippen LogP contribution in [0.2, 0.25) is 0 Å². The summed E-state index contributed by atoms with van der Waals surface area (Å²) in [6, 6.07) is 12.2. The molecular formula is C22H25N3O5S. The number of nitrogens with one attached hydrogen (secondary N) is 2. The summed E-state index contributed by atoms with van der Waals surface area (Å²) in [6.07, 6.45) is 0.140. The van der Waals surface area contributed by atoms with Crippen molar-refractivity contribution in [2.75, 3.05) is 19.8 Å². The standard InChI is InChI=1S/C22H25N3O5S/c1-14(2)21(15-7-8-17-18(13-15)30-12-11-29-17)24-20(26)9-10-23-22-16-5-3-4-6-19(16)31(27,28)25-22/h3-8,13-14,21H,9-12H2,1-2H3,(H,23,25)(H,24,26)/t21-/m1/s1. The smallest absolute Gasteiger partial charge is 0.263 e. The fraction of sp³-hybridized carbons (Fsp3) is 0.364. The Morgan fingerprint density at radius 3 is 2.65 bits per heavy atom. The molecule has 2 aliphatic heterocycles. The van der Waals surface area contributed by atoms with Gasteiger partial charge in [-0.2, -0.15) is 0 Å². The van der Waals surface area contributed by atoms with Crippen LogP contribution in [-0.2, 0) is 14.8 Å². The number of amides is 1. The van der Waals surface area contributed by atoms with E-state index in [0.717, 1.165) is 5.56 Å². The van der Waals surface area contributed by atoms with E-state index in [1.807, 2.05) is 32.0 Å². The van der Waals surface area contributed by atoms with E-state index in [0.29, 0.717) is 30.3 Å². The number of aliphatic imine (C=N–C) groups is 1. The highest BCUT2D eigenvalue weighted by molar-refractivity contribution is 7.90. The molecule has 8 nitrogen and oxygen atoms in total. The minimum atomic E-state index is -3.58. The molecule has 1 atom stereocenters. The number of carbonyl (C=O) groups excluding carboxylic acids is 1. The topological polar surface area (TPSA) is 106 Å². The van der Waals surface area contributed by atoms with Gasteiger partial charge in [-0.25, -0.2) is 8.42 Å². The fourth-order valence-electron chi connectivity index (χ4n) is 3.65. The molecule has 0 radical (unpaired) electrons. The first kappa shape index (κ1) is 21.2. The zero-order valence-corrected chi connectivity index (χ0v) is 18.2. The molecule has 2 N–H and O–H groups in total. The van der Waals surface area contributed by atoms with Crippen LogP contribution in [0.1, 0.15) is 37.4 Å². The number of rotatable bonds is 6. The lowest BCUT2D eigenvalue weighted by Gasteiger charge is -2.25. The number of nitrogens with zero attached hydrogens (tertiary/aromatic N) is 1. The maximum Gasteiger partial charge on any atom is 0.263 e. The lowest BCUT2D eigenvalue weighted by molar-refractivity contribution is -0.122. The summed E-state index contributed by atoms with van der Waals surface area (Å²) < 4.78 is 38.0. The average Bonchev–Trinajstić information content (AvgIpc) is 3.02. The van der Waals surface area contributed by atoms with Gasteiger partial charge in [-0.05, 0) is 35.7 Å². The highest BCUT2D eigenvalue weighted by atomic mass is 32.2. The van der Waals surface area contributed by atoms with Crippen molar-refractivity contribution in [1.29, 1.82) is 0 Å². The highest BCUT2D eigenvalue weighted by Gasteiger charge is 2.30. The third-order valence-electron chi connectivity index (χ3n) is 5.18. The van der Waals surface area contributed by atoms with E-state index >= 15 is 0 Å². The van der Waals surface area contributed by atoms with Crippen LogP contribution in [-0.4, -0.2) is 39.9 Å². The fourth-order valence-corrected chi connectivity index (χ4v) is 4.91. The van der Waals surface area contributed by atoms with Gasteiger partial charge in [0.2, 0.25) is 5.91 Å². The van der Waals surface area contributed by atoms with E-state index in [-0.39, 0.29) is 41.6 Å². The number of sulfonamides is 1. The van der Waals surface area contributed by atoms with E-state index in [9.17, 15) is 13.2 Å². The summed E-state index contributed by atoms with van der Waals surface area (Å²) in [4.78, 5) is 17.1. The molecule has 4 rings (SSSR count). The van der Waals surface area contributed by atoms with Crippen LogP contribution >= 0.6 is 0 Å². The van der Waals surface area contributed by atoms with Gasteiger partial charge in [-0.1, -0.05) is 32.0 Å². The van der Waals surface area contributed by atoms with Crippen molar-refractivity contribution in [2.24, 2.45) is 10.9 Å². The van der Waals surface area contributed by atoms with Crippen molar-refractivity contribution in [3.63, 3.8) is 0 Å². The van der Waals surface area contributed by atoms with Crippen molar-refractivity contribution in [2.45, 2.75) is 31.2 Å². The summed E-state index contributed by atoms with van der Waals surface area (Å²) in [5, 5.41) is 3.06. The van der Waals surface area contributed by atoms with Gasteiger partial charge in [0.25, 0.3) is 10.0 Å². The minimum Gasteiger partial charge on any atom is -0.486 e. The Labute approximate surface area is 181 Å². The summed E-state index contributed by atoms with van der Waals surface area (Å²) in [6.45, 7) is 5.27. The number of ether oxygens (including phenoxy) is 2. The second-order valence-electron chi connectivity index (χ2n) is 7.77. The number of carbonyl (C=O) groups is 1. The summed E-state index contributed by atoms with van der Waals surface area (Å²) >= 11 is 0. The molecule has 31 heavy (non-hydrogen) atoms. The van der Waals surface area contributed by atoms with Gasteiger partial charge in [0.05, 0.1) is 17.5 Å². The van der Waals surface area contributed by atoms with E-state index in [1.54, 1.807) is 18.2 Å². The van der Waals surface area contributed by atoms with Gasteiger partial charge >= 0.3 is 0 Å². The minimum absolute atomic E-state index is 0.140. The zero-order chi connectivity index (χ0) is 22.0. The van der Waals surface area contributed by atoms with Crippen LogP contribution in [0.5, 0.6) is 11.5 Å². The predicted octanol–water partition coefficient (Wildman–Crippen LogP) is 2.40. The van der Waals surface area contributed by atoms with Gasteiger partial charge in [0, 0.05) is 12.0 Å². The molecule has 0 bridgehead atoms. The van der Waals surface area contributed by atoms with Gasteiger partial charge in [-0.15, -0.1) is 0 Å². The number of hydrogen-bond acceptors (Lipinski definition) is 6. The van der Waals surface area contributed by atoms with Crippen molar-refractivity contribution in [1.82, 2.24) is 10.0 Å². The van der Waals surface area contributed by atoms with E-state index in [4.69, 9.17) is 9.47 Å². The van der Waals surface area contributed by atoms with Crippen molar-refractivity contribution < 1.29 is 22.7 Å². The molecule has 0 aromatic heterocycles. The second-order valence-corrected chi connectivity index (χ2v) is 9.43. The normalized spacial score (nSPS) is 18.4. The molecule has 1 amide bonds. The van der Waals surface area contributed by atoms with Crippen LogP contribution < -0.4 is 19.5 Å². The van der Waals surface area contributed by atoms with E-state index in [2.05, 4.69) is 15.0 Å². The Balaban J connectivity index is 1.41. The quantitative estimate of drug-likeness (QED) is 0.713. The molecule has 9 heteroatoms. The van der Waals surface area contributed by atoms with Crippen molar-refractivity contribution in [3.05, 3.63) is 53.6 Å². The van der Waals surface area contributed by atoms with Gasteiger partial charge in [0.1, 0.15) is 19.0 Å². The van der Waals surface area contributed by atoms with Crippen LogP contribution in [0.4, 0.5) is 0 Å². The lowest BCUT2D eigenvalue weighted by atomic mass is 9.95. The second kappa shape index (κ2) is 8.58. The van der Waals surface area contributed by atoms with Gasteiger partial charge in [0.15, 0.2) is 11.5 Å². The maximum atomic E-state index is 12.6. The lowest BCUT2D eigenvalue weighted by Crippen LogP contribution is -2.32. The van der Waals surface area contributed by atoms with Crippen LogP contribution in [0, 0.1) is 5.92 Å². The molecule has 0 saturated heterocycles. The number of fused-ring (bicyclic) bond motifs is 2. The maximum absolute atomic E-state index is 12.6. The molecule has 2 aromatic rings. The molecule has 0 aliphatic carbocycles. The first-order valence-electron chi connectivity index (χ1n) is 10.2. The predicted molar refractivity (Wildman–Crippen MR) is 116 cm³/mol. The summed E-state index contributed by atoms with van der Waals surface area (Å²) in [7, 11) is -3.58. The Hall–Kier alpha value is -3.07. The van der Waals surface area contributed by atoms with E-state index in [1.165, 1.54) is 6.07 Å². The molecule has 0 unspecified atom stereocenters. The molecular weight excluding hydrogens is 418 g/mol. The average molecular weight is 444 g/mol. The molecule has 0 saturated carbocycles. The number of amidine groups is 1. The third kappa shape index (κ3) is 4.51. The Morgan fingerprint density at radius 1 is 1.13 bits per heavy atom. The SMILES string of the molecule is CC(C)[C@@H](NC(=O)CCN=C1NS(=O)(=O)c2ccccc21)c1ccc2c(c1)OCCO2. The summed E-state index contributed by atoms with van der Waals surface area (Å²) in [5.74, 6) is 1.66. The number of benzene rings is 2. The monoisotopic (exact) mass is 443 g/mol. The molecule has 0 fully saturated rings. The van der Waals surface area contributed by atoms with Crippen LogP contribution in [0.3, 0.4) is 0 Å². The third-order valence-corrected chi connectivity index (χ3v) is 6.58. The van der Waals surface area contributed by atoms with Gasteiger partial charge in [-0.3, -0.25) is 14.5 Å².